The van der Waals surface area contributed by atoms with Crippen LogP contribution in [0.1, 0.15) is 41.7 Å². The first-order valence-corrected chi connectivity index (χ1v) is 7.97. The highest BCUT2D eigenvalue weighted by Crippen LogP contribution is 2.30. The number of ether oxygens (including phenoxy) is 1. The van der Waals surface area contributed by atoms with E-state index in [0.717, 1.165) is 18.4 Å². The minimum Gasteiger partial charge on any atom is -0.376 e. The smallest absolute Gasteiger partial charge is 0.272 e. The van der Waals surface area contributed by atoms with Gasteiger partial charge < -0.3 is 15.0 Å². The lowest BCUT2D eigenvalue weighted by atomic mass is 9.87. The van der Waals surface area contributed by atoms with Gasteiger partial charge in [-0.25, -0.2) is 0 Å². The van der Waals surface area contributed by atoms with Crippen LogP contribution in [-0.2, 0) is 9.53 Å². The number of methoxy groups -OCH3 is 1. The van der Waals surface area contributed by atoms with Crippen LogP contribution in [0, 0.1) is 6.92 Å². The van der Waals surface area contributed by atoms with Gasteiger partial charge >= 0.3 is 0 Å². The summed E-state index contributed by atoms with van der Waals surface area (Å²) in [5, 5.41) is 2.63. The number of rotatable bonds is 5. The van der Waals surface area contributed by atoms with Gasteiger partial charge in [0.1, 0.15) is 5.69 Å². The Bertz CT molecular complexity index is 559. The Morgan fingerprint density at radius 1 is 1.43 bits per heavy atom. The summed E-state index contributed by atoms with van der Waals surface area (Å²) in [5.41, 5.74) is 1.02. The SMILES string of the molecule is CNC(=O)CC[C@@]1(OC)CCCN(C(=O)c2ccc(C)cn2)C1. The molecule has 1 aliphatic rings. The Labute approximate surface area is 137 Å². The molecule has 1 atom stereocenters. The van der Waals surface area contributed by atoms with Crippen molar-refractivity contribution in [1.29, 1.82) is 0 Å². The standard InChI is InChI=1S/C17H25N3O3/c1-13-5-6-14(19-11-13)16(22)20-10-4-8-17(12-20,23-3)9-7-15(21)18-2/h5-6,11H,4,7-10,12H2,1-3H3,(H,18,21)/t17-/m0/s1. The molecule has 0 unspecified atom stereocenters. The predicted octanol–water partition coefficient (Wildman–Crippen LogP) is 1.54. The Morgan fingerprint density at radius 3 is 2.83 bits per heavy atom. The van der Waals surface area contributed by atoms with Gasteiger partial charge in [0.05, 0.1) is 12.1 Å². The number of carbonyl (C=O) groups excluding carboxylic acids is 2. The van der Waals surface area contributed by atoms with E-state index in [0.29, 0.717) is 31.6 Å². The van der Waals surface area contributed by atoms with Crippen molar-refractivity contribution >= 4 is 11.8 Å². The zero-order valence-electron chi connectivity index (χ0n) is 14.1. The van der Waals surface area contributed by atoms with Crippen LogP contribution in [0.2, 0.25) is 0 Å². The number of hydrogen-bond donors (Lipinski definition) is 1. The predicted molar refractivity (Wildman–Crippen MR) is 87.2 cm³/mol. The van der Waals surface area contributed by atoms with Crippen molar-refractivity contribution < 1.29 is 14.3 Å². The number of amides is 2. The van der Waals surface area contributed by atoms with E-state index in [-0.39, 0.29) is 11.8 Å². The van der Waals surface area contributed by atoms with Crippen LogP contribution < -0.4 is 5.32 Å². The molecule has 1 aliphatic heterocycles. The van der Waals surface area contributed by atoms with Crippen LogP contribution >= 0.6 is 0 Å². The first kappa shape index (κ1) is 17.4. The lowest BCUT2D eigenvalue weighted by molar-refractivity contribution is -0.123. The van der Waals surface area contributed by atoms with Crippen molar-refractivity contribution in [2.75, 3.05) is 27.2 Å². The highest BCUT2D eigenvalue weighted by Gasteiger charge is 2.37. The number of carbonyl (C=O) groups is 2. The van der Waals surface area contributed by atoms with Crippen LogP contribution in [0.3, 0.4) is 0 Å². The van der Waals surface area contributed by atoms with Crippen LogP contribution in [0.5, 0.6) is 0 Å². The van der Waals surface area contributed by atoms with Gasteiger partial charge in [0.15, 0.2) is 0 Å². The van der Waals surface area contributed by atoms with Crippen molar-refractivity contribution in [2.45, 2.75) is 38.2 Å². The second-order valence-corrected chi connectivity index (χ2v) is 6.11. The number of nitrogens with one attached hydrogen (secondary N) is 1. The zero-order valence-corrected chi connectivity index (χ0v) is 14.1. The quantitative estimate of drug-likeness (QED) is 0.893. The molecule has 2 heterocycles. The van der Waals surface area contributed by atoms with Gasteiger partial charge in [0, 0.05) is 33.3 Å². The van der Waals surface area contributed by atoms with E-state index in [2.05, 4.69) is 10.3 Å². The third kappa shape index (κ3) is 4.28. The molecule has 0 aliphatic carbocycles. The van der Waals surface area contributed by atoms with E-state index < -0.39 is 5.60 Å². The molecule has 1 fully saturated rings. The van der Waals surface area contributed by atoms with Gasteiger partial charge in [-0.1, -0.05) is 6.07 Å². The summed E-state index contributed by atoms with van der Waals surface area (Å²) < 4.78 is 5.71. The number of likely N-dealkylation sites (tertiary alicyclic amines) is 1. The molecule has 6 nitrogen and oxygen atoms in total. The normalized spacial score (nSPS) is 21.1. The van der Waals surface area contributed by atoms with Crippen LogP contribution in [0.15, 0.2) is 18.3 Å². The fraction of sp³-hybridized carbons (Fsp3) is 0.588. The molecule has 1 aromatic heterocycles. The third-order valence-corrected chi connectivity index (χ3v) is 4.48. The van der Waals surface area contributed by atoms with Crippen molar-refractivity contribution in [1.82, 2.24) is 15.2 Å². The van der Waals surface area contributed by atoms with Crippen molar-refractivity contribution in [3.05, 3.63) is 29.6 Å². The molecule has 0 bridgehead atoms. The second-order valence-electron chi connectivity index (χ2n) is 6.11. The summed E-state index contributed by atoms with van der Waals surface area (Å²) >= 11 is 0. The molecule has 1 aromatic rings. The number of piperidine rings is 1. The molecular formula is C17H25N3O3. The summed E-state index contributed by atoms with van der Waals surface area (Å²) in [6, 6.07) is 3.64. The topological polar surface area (TPSA) is 71.5 Å². The van der Waals surface area contributed by atoms with Crippen LogP contribution in [0.25, 0.3) is 0 Å². The summed E-state index contributed by atoms with van der Waals surface area (Å²) in [6.45, 7) is 3.13. The highest BCUT2D eigenvalue weighted by atomic mass is 16.5. The van der Waals surface area contributed by atoms with Crippen molar-refractivity contribution in [2.24, 2.45) is 0 Å². The Hall–Kier alpha value is -1.95. The largest absolute Gasteiger partial charge is 0.376 e. The molecule has 1 N–H and O–H groups in total. The summed E-state index contributed by atoms with van der Waals surface area (Å²) in [7, 11) is 3.28. The van der Waals surface area contributed by atoms with Gasteiger partial charge in [-0.05, 0) is 37.8 Å². The number of hydrogen-bond acceptors (Lipinski definition) is 4. The average molecular weight is 319 g/mol. The van der Waals surface area contributed by atoms with Gasteiger partial charge in [0.25, 0.3) is 5.91 Å². The van der Waals surface area contributed by atoms with Gasteiger partial charge in [-0.3, -0.25) is 14.6 Å². The van der Waals surface area contributed by atoms with E-state index in [4.69, 9.17) is 4.74 Å². The third-order valence-electron chi connectivity index (χ3n) is 4.48. The molecule has 23 heavy (non-hydrogen) atoms. The fourth-order valence-electron chi connectivity index (χ4n) is 2.97. The van der Waals surface area contributed by atoms with Crippen LogP contribution in [-0.4, -0.2) is 54.5 Å². The average Bonchev–Trinajstić information content (AvgIpc) is 2.60. The minimum absolute atomic E-state index is 0.00919. The molecular weight excluding hydrogens is 294 g/mol. The maximum absolute atomic E-state index is 12.6. The Balaban J connectivity index is 2.07. The van der Waals surface area contributed by atoms with Gasteiger partial charge in [0.2, 0.25) is 5.91 Å². The number of pyridine rings is 1. The molecule has 0 saturated carbocycles. The molecule has 1 saturated heterocycles. The molecule has 2 amide bonds. The summed E-state index contributed by atoms with van der Waals surface area (Å²) in [6.07, 6.45) is 4.42. The molecule has 0 spiro atoms. The first-order chi connectivity index (χ1) is 11.0. The lowest BCUT2D eigenvalue weighted by Gasteiger charge is -2.41. The minimum atomic E-state index is -0.453. The second kappa shape index (κ2) is 7.55. The van der Waals surface area contributed by atoms with E-state index in [9.17, 15) is 9.59 Å². The maximum atomic E-state index is 12.6. The maximum Gasteiger partial charge on any atom is 0.272 e. The lowest BCUT2D eigenvalue weighted by Crippen LogP contribution is -2.51. The molecule has 2 rings (SSSR count). The Kier molecular flexibility index (Phi) is 5.71. The van der Waals surface area contributed by atoms with Gasteiger partial charge in [-0.15, -0.1) is 0 Å². The van der Waals surface area contributed by atoms with Crippen molar-refractivity contribution in [3.63, 3.8) is 0 Å². The number of aryl methyl sites for hydroxylation is 1. The van der Waals surface area contributed by atoms with E-state index in [1.165, 1.54) is 0 Å². The fourth-order valence-corrected chi connectivity index (χ4v) is 2.97. The van der Waals surface area contributed by atoms with E-state index in [1.54, 1.807) is 31.3 Å². The van der Waals surface area contributed by atoms with Crippen LogP contribution in [0.4, 0.5) is 0 Å². The highest BCUT2D eigenvalue weighted by molar-refractivity contribution is 5.92. The zero-order chi connectivity index (χ0) is 16.9. The van der Waals surface area contributed by atoms with E-state index >= 15 is 0 Å². The molecule has 126 valence electrons. The summed E-state index contributed by atoms with van der Waals surface area (Å²) in [5.74, 6) is -0.0869. The molecule has 0 radical (unpaired) electrons. The monoisotopic (exact) mass is 319 g/mol. The first-order valence-electron chi connectivity index (χ1n) is 7.97. The summed E-state index contributed by atoms with van der Waals surface area (Å²) in [4.78, 5) is 30.2. The molecule has 6 heteroatoms. The van der Waals surface area contributed by atoms with Crippen molar-refractivity contribution in [3.8, 4) is 0 Å². The molecule has 0 aromatic carbocycles. The van der Waals surface area contributed by atoms with Gasteiger partial charge in [-0.2, -0.15) is 0 Å². The Morgan fingerprint density at radius 2 is 2.22 bits per heavy atom. The number of nitrogens with zero attached hydrogens (tertiary/aromatic N) is 2. The number of aromatic nitrogens is 1. The van der Waals surface area contributed by atoms with E-state index in [1.807, 2.05) is 13.0 Å².